The quantitative estimate of drug-likeness (QED) is 0.677. The van der Waals surface area contributed by atoms with Crippen molar-refractivity contribution in [1.29, 1.82) is 0 Å². The van der Waals surface area contributed by atoms with Crippen LogP contribution in [0.25, 0.3) is 0 Å². The van der Waals surface area contributed by atoms with Gasteiger partial charge in [0.05, 0.1) is 29.6 Å². The molecule has 2 aromatic carbocycles. The topological polar surface area (TPSA) is 21.7 Å². The third-order valence-electron chi connectivity index (χ3n) is 3.97. The molecule has 0 bridgehead atoms. The monoisotopic (exact) mass is 349 g/mol. The smallest absolute Gasteiger partial charge is 0.416 e. The normalized spacial score (nSPS) is 14.8. The van der Waals surface area contributed by atoms with Crippen molar-refractivity contribution in [3.05, 3.63) is 60.2 Å². The van der Waals surface area contributed by atoms with E-state index in [1.165, 1.54) is 6.07 Å². The lowest BCUT2D eigenvalue weighted by Gasteiger charge is -2.37. The number of rotatable bonds is 4. The van der Waals surface area contributed by atoms with E-state index in [2.05, 4.69) is 0 Å². The zero-order chi connectivity index (χ0) is 18.0. The average molecular weight is 349 g/mol. The van der Waals surface area contributed by atoms with Gasteiger partial charge in [-0.25, -0.2) is 0 Å². The average Bonchev–Trinajstić information content (AvgIpc) is 2.58. The predicted octanol–water partition coefficient (Wildman–Crippen LogP) is 5.54. The van der Waals surface area contributed by atoms with Crippen LogP contribution in [0, 0.1) is 0 Å². The van der Waals surface area contributed by atoms with E-state index < -0.39 is 11.7 Å². The fraction of sp³-hybridized carbons (Fsp3) is 0.263. The van der Waals surface area contributed by atoms with Crippen LogP contribution in [0.2, 0.25) is 0 Å². The van der Waals surface area contributed by atoms with E-state index in [9.17, 15) is 13.2 Å². The predicted molar refractivity (Wildman–Crippen MR) is 90.6 cm³/mol. The molecule has 0 saturated heterocycles. The molecule has 0 aliphatic carbocycles. The van der Waals surface area contributed by atoms with Crippen molar-refractivity contribution in [1.82, 2.24) is 0 Å². The van der Waals surface area contributed by atoms with Gasteiger partial charge in [0, 0.05) is 7.11 Å². The van der Waals surface area contributed by atoms with Gasteiger partial charge >= 0.3 is 6.18 Å². The fourth-order valence-corrected chi connectivity index (χ4v) is 2.93. The van der Waals surface area contributed by atoms with Crippen LogP contribution in [-0.4, -0.2) is 19.8 Å². The number of fused-ring (bicyclic) bond motifs is 2. The molecule has 3 nitrogen and oxygen atoms in total. The SMILES string of the molecule is C/C=C\[C@H](COC)N1c2ccccc2Oc2ccc(C(F)(F)F)cc21. The molecule has 0 saturated carbocycles. The number of hydrogen-bond acceptors (Lipinski definition) is 3. The number of methoxy groups -OCH3 is 1. The van der Waals surface area contributed by atoms with E-state index in [1.807, 2.05) is 42.2 Å². The number of halogens is 3. The second kappa shape index (κ2) is 6.80. The van der Waals surface area contributed by atoms with Crippen molar-refractivity contribution in [2.24, 2.45) is 0 Å². The molecule has 3 rings (SSSR count). The first kappa shape index (κ1) is 17.4. The van der Waals surface area contributed by atoms with Crippen LogP contribution in [0.15, 0.2) is 54.6 Å². The molecular formula is C19H18F3NO2. The van der Waals surface area contributed by atoms with Crippen LogP contribution >= 0.6 is 0 Å². The standard InChI is InChI=1S/C19H18F3NO2/c1-3-6-14(12-24-2)23-15-7-4-5-8-17(15)25-18-10-9-13(11-16(18)23)19(20,21)22/h3-11,14H,12H2,1-2H3/b6-3-/t14-/m1/s1. The Hall–Kier alpha value is -2.47. The third-order valence-corrected chi connectivity index (χ3v) is 3.97. The summed E-state index contributed by atoms with van der Waals surface area (Å²) in [7, 11) is 1.57. The van der Waals surface area contributed by atoms with Crippen molar-refractivity contribution in [2.45, 2.75) is 19.1 Å². The van der Waals surface area contributed by atoms with Gasteiger partial charge in [-0.1, -0.05) is 24.3 Å². The van der Waals surface area contributed by atoms with E-state index in [0.717, 1.165) is 12.1 Å². The highest BCUT2D eigenvalue weighted by molar-refractivity contribution is 5.79. The number of anilines is 2. The zero-order valence-electron chi connectivity index (χ0n) is 13.9. The van der Waals surface area contributed by atoms with Crippen LogP contribution in [-0.2, 0) is 10.9 Å². The highest BCUT2D eigenvalue weighted by Crippen LogP contribution is 2.49. The third kappa shape index (κ3) is 3.35. The van der Waals surface area contributed by atoms with Gasteiger partial charge in [0.2, 0.25) is 0 Å². The molecule has 1 aliphatic rings. The summed E-state index contributed by atoms with van der Waals surface area (Å²) in [6.07, 6.45) is -0.667. The maximum Gasteiger partial charge on any atom is 0.416 e. The molecule has 2 aromatic rings. The summed E-state index contributed by atoms with van der Waals surface area (Å²) >= 11 is 0. The van der Waals surface area contributed by atoms with E-state index >= 15 is 0 Å². The summed E-state index contributed by atoms with van der Waals surface area (Å²) in [6, 6.07) is 10.5. The fourth-order valence-electron chi connectivity index (χ4n) is 2.93. The first-order valence-electron chi connectivity index (χ1n) is 7.85. The minimum absolute atomic E-state index is 0.262. The van der Waals surface area contributed by atoms with E-state index in [0.29, 0.717) is 29.5 Å². The molecular weight excluding hydrogens is 331 g/mol. The minimum Gasteiger partial charge on any atom is -0.453 e. The molecule has 0 fully saturated rings. The van der Waals surface area contributed by atoms with Crippen LogP contribution < -0.4 is 9.64 Å². The molecule has 0 amide bonds. The van der Waals surface area contributed by atoms with Crippen molar-refractivity contribution in [3.8, 4) is 11.5 Å². The van der Waals surface area contributed by atoms with Crippen LogP contribution in [0.3, 0.4) is 0 Å². The van der Waals surface area contributed by atoms with E-state index in [1.54, 1.807) is 13.2 Å². The highest BCUT2D eigenvalue weighted by atomic mass is 19.4. The van der Waals surface area contributed by atoms with Crippen molar-refractivity contribution in [2.75, 3.05) is 18.6 Å². The zero-order valence-corrected chi connectivity index (χ0v) is 13.9. The number of allylic oxidation sites excluding steroid dienone is 1. The van der Waals surface area contributed by atoms with Gasteiger partial charge in [0.25, 0.3) is 0 Å². The van der Waals surface area contributed by atoms with Gasteiger partial charge in [-0.3, -0.25) is 0 Å². The second-order valence-electron chi connectivity index (χ2n) is 5.67. The van der Waals surface area contributed by atoms with E-state index in [-0.39, 0.29) is 6.04 Å². The van der Waals surface area contributed by atoms with Gasteiger partial charge in [0.15, 0.2) is 11.5 Å². The maximum atomic E-state index is 13.2. The summed E-state index contributed by atoms with van der Waals surface area (Å²) in [5.41, 5.74) is 0.360. The Morgan fingerprint density at radius 3 is 2.52 bits per heavy atom. The number of ether oxygens (including phenoxy) is 2. The maximum absolute atomic E-state index is 13.2. The van der Waals surface area contributed by atoms with Crippen LogP contribution in [0.4, 0.5) is 24.5 Å². The first-order chi connectivity index (χ1) is 12.0. The van der Waals surface area contributed by atoms with Crippen molar-refractivity contribution in [3.63, 3.8) is 0 Å². The van der Waals surface area contributed by atoms with Crippen LogP contribution in [0.5, 0.6) is 11.5 Å². The largest absolute Gasteiger partial charge is 0.453 e. The van der Waals surface area contributed by atoms with Crippen molar-refractivity contribution >= 4 is 11.4 Å². The summed E-state index contributed by atoms with van der Waals surface area (Å²) in [5, 5.41) is 0. The lowest BCUT2D eigenvalue weighted by molar-refractivity contribution is -0.137. The Balaban J connectivity index is 2.18. The molecule has 0 radical (unpaired) electrons. The summed E-state index contributed by atoms with van der Waals surface area (Å²) in [5.74, 6) is 0.984. The minimum atomic E-state index is -4.42. The number of benzene rings is 2. The lowest BCUT2D eigenvalue weighted by Crippen LogP contribution is -2.35. The molecule has 0 unspecified atom stereocenters. The molecule has 132 valence electrons. The molecule has 6 heteroatoms. The summed E-state index contributed by atoms with van der Waals surface area (Å²) in [6.45, 7) is 2.19. The Labute approximate surface area is 144 Å². The van der Waals surface area contributed by atoms with Gasteiger partial charge in [0.1, 0.15) is 0 Å². The molecule has 25 heavy (non-hydrogen) atoms. The molecule has 0 aromatic heterocycles. The summed E-state index contributed by atoms with van der Waals surface area (Å²) in [4.78, 5) is 1.83. The molecule has 1 aliphatic heterocycles. The van der Waals surface area contributed by atoms with Gasteiger partial charge < -0.3 is 14.4 Å². The summed E-state index contributed by atoms with van der Waals surface area (Å²) < 4.78 is 50.6. The second-order valence-corrected chi connectivity index (χ2v) is 5.67. The Bertz CT molecular complexity index is 786. The number of para-hydroxylation sites is 2. The number of hydrogen-bond donors (Lipinski definition) is 0. The molecule has 1 atom stereocenters. The van der Waals surface area contributed by atoms with Crippen LogP contribution in [0.1, 0.15) is 12.5 Å². The molecule has 0 N–H and O–H groups in total. The molecule has 1 heterocycles. The first-order valence-corrected chi connectivity index (χ1v) is 7.85. The van der Waals surface area contributed by atoms with E-state index in [4.69, 9.17) is 9.47 Å². The molecule has 0 spiro atoms. The number of alkyl halides is 3. The Kier molecular flexibility index (Phi) is 4.72. The highest BCUT2D eigenvalue weighted by Gasteiger charge is 2.35. The van der Waals surface area contributed by atoms with Gasteiger partial charge in [-0.15, -0.1) is 0 Å². The Morgan fingerprint density at radius 1 is 1.12 bits per heavy atom. The lowest BCUT2D eigenvalue weighted by atomic mass is 10.1. The Morgan fingerprint density at radius 2 is 1.84 bits per heavy atom. The van der Waals surface area contributed by atoms with Gasteiger partial charge in [-0.2, -0.15) is 13.2 Å². The van der Waals surface area contributed by atoms with Gasteiger partial charge in [-0.05, 0) is 37.3 Å². The number of nitrogens with zero attached hydrogens (tertiary/aromatic N) is 1. The van der Waals surface area contributed by atoms with Crippen molar-refractivity contribution < 1.29 is 22.6 Å².